The Morgan fingerprint density at radius 1 is 0.967 bits per heavy atom. The molecule has 0 saturated carbocycles. The molecule has 0 spiro atoms. The molecule has 6 heteroatoms. The number of carbonyl (C=O) groups is 2. The molecule has 4 aromatic rings. The lowest BCUT2D eigenvalue weighted by Gasteiger charge is -2.07. The zero-order valence-electron chi connectivity index (χ0n) is 15.8. The number of rotatable bonds is 4. The monoisotopic (exact) mass is 411 g/mol. The maximum Gasteiger partial charge on any atom is 0.265 e. The van der Waals surface area contributed by atoms with Crippen molar-refractivity contribution in [1.29, 1.82) is 0 Å². The molecule has 3 heterocycles. The zero-order valence-corrected chi connectivity index (χ0v) is 16.6. The molecule has 3 N–H and O–H groups in total. The number of hydrogen-bond acceptors (Lipinski definition) is 3. The van der Waals surface area contributed by atoms with Gasteiger partial charge in [-0.3, -0.25) is 9.59 Å². The topological polar surface area (TPSA) is 74.0 Å². The molecule has 5 nitrogen and oxygen atoms in total. The lowest BCUT2D eigenvalue weighted by Crippen LogP contribution is -2.09. The largest absolute Gasteiger partial charge is 0.362 e. The fourth-order valence-electron chi connectivity index (χ4n) is 3.45. The molecular formula is C24H17N3O2S. The molecule has 146 valence electrons. The van der Waals surface area contributed by atoms with Gasteiger partial charge in [-0.25, -0.2) is 0 Å². The summed E-state index contributed by atoms with van der Waals surface area (Å²) in [5, 5.41) is 7.73. The molecule has 0 radical (unpaired) electrons. The van der Waals surface area contributed by atoms with Crippen LogP contribution in [0.2, 0.25) is 0 Å². The van der Waals surface area contributed by atoms with Crippen molar-refractivity contribution in [3.8, 4) is 11.1 Å². The molecule has 0 aliphatic carbocycles. The number of benzene rings is 2. The Balaban J connectivity index is 1.38. The van der Waals surface area contributed by atoms with Crippen molar-refractivity contribution in [2.75, 3.05) is 10.6 Å². The van der Waals surface area contributed by atoms with E-state index < -0.39 is 0 Å². The number of thiophene rings is 1. The summed E-state index contributed by atoms with van der Waals surface area (Å²) in [6, 6.07) is 21.1. The summed E-state index contributed by atoms with van der Waals surface area (Å²) < 4.78 is 0. The first-order valence-electron chi connectivity index (χ1n) is 9.43. The van der Waals surface area contributed by atoms with E-state index in [2.05, 4.69) is 15.6 Å². The molecule has 30 heavy (non-hydrogen) atoms. The Hall–Kier alpha value is -3.90. The van der Waals surface area contributed by atoms with E-state index in [1.54, 1.807) is 6.07 Å². The second-order valence-electron chi connectivity index (χ2n) is 6.91. The fraction of sp³-hybridized carbons (Fsp3) is 0. The third-order valence-corrected chi connectivity index (χ3v) is 5.81. The highest BCUT2D eigenvalue weighted by atomic mass is 32.1. The van der Waals surface area contributed by atoms with Crippen molar-refractivity contribution in [3.05, 3.63) is 94.4 Å². The number of aromatic amines is 1. The molecule has 0 atom stereocenters. The Bertz CT molecular complexity index is 1250. The van der Waals surface area contributed by atoms with E-state index in [-0.39, 0.29) is 11.8 Å². The molecular weight excluding hydrogens is 394 g/mol. The molecule has 2 amide bonds. The van der Waals surface area contributed by atoms with Crippen LogP contribution in [0, 0.1) is 0 Å². The maximum absolute atomic E-state index is 12.4. The first kappa shape index (κ1) is 18.1. The van der Waals surface area contributed by atoms with Crippen molar-refractivity contribution < 1.29 is 9.59 Å². The van der Waals surface area contributed by atoms with Gasteiger partial charge in [0, 0.05) is 28.8 Å². The molecule has 0 bridgehead atoms. The molecule has 5 rings (SSSR count). The van der Waals surface area contributed by atoms with Crippen LogP contribution >= 0.6 is 11.3 Å². The van der Waals surface area contributed by atoms with Gasteiger partial charge in [0.25, 0.3) is 11.8 Å². The highest BCUT2D eigenvalue weighted by Crippen LogP contribution is 2.36. The van der Waals surface area contributed by atoms with Crippen LogP contribution in [0.5, 0.6) is 0 Å². The second kappa shape index (κ2) is 7.50. The van der Waals surface area contributed by atoms with Gasteiger partial charge >= 0.3 is 0 Å². The molecule has 1 aliphatic rings. The number of fused-ring (bicyclic) bond motifs is 1. The summed E-state index contributed by atoms with van der Waals surface area (Å²) in [5.74, 6) is -0.220. The van der Waals surface area contributed by atoms with E-state index in [0.29, 0.717) is 10.5 Å². The van der Waals surface area contributed by atoms with Crippen molar-refractivity contribution >= 4 is 46.2 Å². The highest BCUT2D eigenvalue weighted by molar-refractivity contribution is 7.12. The Morgan fingerprint density at radius 2 is 1.80 bits per heavy atom. The summed E-state index contributed by atoms with van der Waals surface area (Å²) in [6.07, 6.45) is 3.68. The maximum atomic E-state index is 12.4. The molecule has 2 aromatic heterocycles. The van der Waals surface area contributed by atoms with Gasteiger partial charge in [-0.2, -0.15) is 0 Å². The van der Waals surface area contributed by atoms with Crippen molar-refractivity contribution in [1.82, 2.24) is 4.98 Å². The molecule has 0 unspecified atom stereocenters. The van der Waals surface area contributed by atoms with E-state index in [1.165, 1.54) is 11.3 Å². The third kappa shape index (κ3) is 3.44. The number of amides is 2. The number of H-pyrrole nitrogens is 1. The number of aromatic nitrogens is 1. The summed E-state index contributed by atoms with van der Waals surface area (Å²) >= 11 is 1.41. The van der Waals surface area contributed by atoms with Crippen LogP contribution in [0.4, 0.5) is 11.4 Å². The van der Waals surface area contributed by atoms with Gasteiger partial charge in [-0.1, -0.05) is 30.3 Å². The van der Waals surface area contributed by atoms with Gasteiger partial charge < -0.3 is 15.6 Å². The van der Waals surface area contributed by atoms with E-state index in [1.807, 2.05) is 78.3 Å². The summed E-state index contributed by atoms with van der Waals surface area (Å²) in [7, 11) is 0. The van der Waals surface area contributed by atoms with E-state index >= 15 is 0 Å². The van der Waals surface area contributed by atoms with Crippen LogP contribution < -0.4 is 10.6 Å². The van der Waals surface area contributed by atoms with E-state index in [4.69, 9.17) is 0 Å². The predicted molar refractivity (Wildman–Crippen MR) is 121 cm³/mol. The van der Waals surface area contributed by atoms with Crippen molar-refractivity contribution in [2.24, 2.45) is 0 Å². The highest BCUT2D eigenvalue weighted by Gasteiger charge is 2.24. The number of anilines is 2. The molecule has 1 aliphatic heterocycles. The summed E-state index contributed by atoms with van der Waals surface area (Å²) in [6.45, 7) is 0. The quantitative estimate of drug-likeness (QED) is 0.389. The van der Waals surface area contributed by atoms with Crippen LogP contribution in [0.25, 0.3) is 22.8 Å². The number of carbonyl (C=O) groups excluding carboxylic acids is 2. The third-order valence-electron chi connectivity index (χ3n) is 4.95. The molecule has 0 saturated heterocycles. The minimum absolute atomic E-state index is 0.108. The van der Waals surface area contributed by atoms with Gasteiger partial charge in [0.15, 0.2) is 0 Å². The Morgan fingerprint density at radius 3 is 2.53 bits per heavy atom. The SMILES string of the molecule is O=C1Nc2cc(-c3ccc(NC(=O)c4cccs4)cc3)ccc2/C1=C/c1ccc[nH]1. The minimum atomic E-state index is -0.112. The van der Waals surface area contributed by atoms with Gasteiger partial charge in [-0.05, 0) is 59.0 Å². The van der Waals surface area contributed by atoms with Gasteiger partial charge in [0.1, 0.15) is 0 Å². The average molecular weight is 411 g/mol. The van der Waals surface area contributed by atoms with E-state index in [0.717, 1.165) is 33.8 Å². The second-order valence-corrected chi connectivity index (χ2v) is 7.85. The summed E-state index contributed by atoms with van der Waals surface area (Å²) in [5.41, 5.74) is 5.95. The lowest BCUT2D eigenvalue weighted by atomic mass is 10.00. The average Bonchev–Trinajstić information content (AvgIpc) is 3.51. The van der Waals surface area contributed by atoms with Crippen LogP contribution in [-0.2, 0) is 4.79 Å². The number of hydrogen-bond donors (Lipinski definition) is 3. The molecule has 0 fully saturated rings. The lowest BCUT2D eigenvalue weighted by molar-refractivity contribution is -0.110. The normalized spacial score (nSPS) is 13.9. The Labute approximate surface area is 177 Å². The predicted octanol–water partition coefficient (Wildman–Crippen LogP) is 5.49. The van der Waals surface area contributed by atoms with Crippen LogP contribution in [0.3, 0.4) is 0 Å². The van der Waals surface area contributed by atoms with Crippen LogP contribution in [0.15, 0.2) is 78.3 Å². The number of nitrogens with one attached hydrogen (secondary N) is 3. The van der Waals surface area contributed by atoms with Crippen molar-refractivity contribution in [3.63, 3.8) is 0 Å². The first-order valence-corrected chi connectivity index (χ1v) is 10.3. The zero-order chi connectivity index (χ0) is 20.5. The smallest absolute Gasteiger partial charge is 0.265 e. The van der Waals surface area contributed by atoms with Gasteiger partial charge in [0.2, 0.25) is 0 Å². The van der Waals surface area contributed by atoms with Crippen LogP contribution in [0.1, 0.15) is 20.9 Å². The first-order chi connectivity index (χ1) is 14.7. The van der Waals surface area contributed by atoms with Gasteiger partial charge in [0.05, 0.1) is 10.5 Å². The fourth-order valence-corrected chi connectivity index (χ4v) is 4.07. The molecule has 2 aromatic carbocycles. The van der Waals surface area contributed by atoms with Crippen LogP contribution in [-0.4, -0.2) is 16.8 Å². The minimum Gasteiger partial charge on any atom is -0.362 e. The standard InChI is InChI=1S/C24H17N3O2S/c28-23-20(14-18-3-1-11-25-18)19-10-7-16(13-21(19)27-23)15-5-8-17(9-6-15)26-24(29)22-4-2-12-30-22/h1-14,25H,(H,26,29)(H,27,28)/b20-14-. The van der Waals surface area contributed by atoms with Crippen molar-refractivity contribution in [2.45, 2.75) is 0 Å². The summed E-state index contributed by atoms with van der Waals surface area (Å²) in [4.78, 5) is 28.4. The van der Waals surface area contributed by atoms with E-state index in [9.17, 15) is 9.59 Å². The van der Waals surface area contributed by atoms with Gasteiger partial charge in [-0.15, -0.1) is 11.3 Å². The Kier molecular flexibility index (Phi) is 4.53.